The Labute approximate surface area is 168 Å². The number of nitro groups is 1. The van der Waals surface area contributed by atoms with Gasteiger partial charge in [-0.3, -0.25) is 9.59 Å². The van der Waals surface area contributed by atoms with Crippen molar-refractivity contribution >= 4 is 45.0 Å². The molecule has 2 amide bonds. The maximum atomic E-state index is 12.8. The predicted octanol–water partition coefficient (Wildman–Crippen LogP) is 2.11. The fraction of sp³-hybridized carbons (Fsp3) is 0.294. The largest absolute Gasteiger partial charge is 0.404 e. The number of hydrogen-bond acceptors (Lipinski definition) is 6. The molecule has 3 rings (SSSR count). The fourth-order valence-corrected chi connectivity index (χ4v) is 3.30. The Bertz CT molecular complexity index is 987. The Morgan fingerprint density at radius 3 is 2.57 bits per heavy atom. The monoisotopic (exact) mass is 448 g/mol. The smallest absolute Gasteiger partial charge is 0.358 e. The lowest BCUT2D eigenvalue weighted by Gasteiger charge is -2.25. The highest BCUT2D eigenvalue weighted by molar-refractivity contribution is 9.10. The molecule has 1 aromatic heterocycles. The zero-order chi connectivity index (χ0) is 20.6. The van der Waals surface area contributed by atoms with Crippen molar-refractivity contribution in [2.24, 2.45) is 4.99 Å². The van der Waals surface area contributed by atoms with Crippen LogP contribution >= 0.6 is 15.9 Å². The Kier molecular flexibility index (Phi) is 5.38. The molecule has 2 heterocycles. The van der Waals surface area contributed by atoms with Crippen LogP contribution in [0.15, 0.2) is 39.8 Å². The van der Waals surface area contributed by atoms with E-state index in [4.69, 9.17) is 0 Å². The van der Waals surface area contributed by atoms with Crippen LogP contribution in [0.1, 0.15) is 12.6 Å². The Morgan fingerprint density at radius 2 is 2.00 bits per heavy atom. The zero-order valence-corrected chi connectivity index (χ0v) is 17.0. The van der Waals surface area contributed by atoms with Crippen molar-refractivity contribution in [1.29, 1.82) is 0 Å². The second-order valence-corrected chi connectivity index (χ2v) is 7.02. The highest BCUT2D eigenvalue weighted by Gasteiger charge is 2.40. The minimum Gasteiger partial charge on any atom is -0.358 e. The molecule has 1 saturated heterocycles. The molecule has 1 aliphatic heterocycles. The minimum absolute atomic E-state index is 0.106. The summed E-state index contributed by atoms with van der Waals surface area (Å²) in [5.41, 5.74) is 1.20. The average molecular weight is 449 g/mol. The van der Waals surface area contributed by atoms with E-state index in [0.29, 0.717) is 11.4 Å². The maximum Gasteiger partial charge on any atom is 0.404 e. The summed E-state index contributed by atoms with van der Waals surface area (Å²) < 4.78 is 1.40. The lowest BCUT2D eigenvalue weighted by molar-refractivity contribution is -0.390. The third kappa shape index (κ3) is 3.45. The summed E-state index contributed by atoms with van der Waals surface area (Å²) in [4.78, 5) is 39.6. The van der Waals surface area contributed by atoms with Crippen LogP contribution in [0.25, 0.3) is 0 Å². The SMILES string of the molecule is Cc1c(Br)c([N+](=O)[O-])nn1CC(=O)N=C1C(=O)N(c2ccccc2)N(C)C1C. The van der Waals surface area contributed by atoms with Crippen molar-refractivity contribution in [2.45, 2.75) is 26.4 Å². The maximum absolute atomic E-state index is 12.8. The number of aromatic nitrogens is 2. The normalized spacial score (nSPS) is 18.9. The molecule has 1 aromatic carbocycles. The first-order valence-corrected chi connectivity index (χ1v) is 9.12. The number of para-hydroxylation sites is 1. The summed E-state index contributed by atoms with van der Waals surface area (Å²) in [5.74, 6) is -1.39. The molecule has 1 unspecified atom stereocenters. The van der Waals surface area contributed by atoms with Gasteiger partial charge in [-0.05, 0) is 46.8 Å². The third-order valence-corrected chi connectivity index (χ3v) is 5.43. The standard InChI is InChI=1S/C17H17BrN6O4/c1-10-14(18)16(24(27)28)20-22(10)9-13(25)19-15-11(2)21(3)23(17(15)26)12-7-5-4-6-8-12/h4-8,11H,9H2,1-3H3. The molecule has 0 radical (unpaired) electrons. The highest BCUT2D eigenvalue weighted by atomic mass is 79.9. The molecule has 1 atom stereocenters. The van der Waals surface area contributed by atoms with Gasteiger partial charge in [0.1, 0.15) is 16.7 Å². The molecular formula is C17H17BrN6O4. The van der Waals surface area contributed by atoms with E-state index in [2.05, 4.69) is 26.0 Å². The third-order valence-electron chi connectivity index (χ3n) is 4.50. The molecule has 0 aliphatic carbocycles. The first kappa shape index (κ1) is 19.8. The molecule has 1 aliphatic rings. The predicted molar refractivity (Wildman–Crippen MR) is 105 cm³/mol. The van der Waals surface area contributed by atoms with Crippen LogP contribution in [-0.2, 0) is 16.1 Å². The number of carbonyl (C=O) groups excluding carboxylic acids is 2. The van der Waals surface area contributed by atoms with Crippen molar-refractivity contribution in [3.63, 3.8) is 0 Å². The second kappa shape index (κ2) is 7.60. The average Bonchev–Trinajstić information content (AvgIpc) is 3.05. The van der Waals surface area contributed by atoms with Gasteiger partial charge in [-0.25, -0.2) is 15.0 Å². The van der Waals surface area contributed by atoms with E-state index in [0.717, 1.165) is 0 Å². The van der Waals surface area contributed by atoms with Gasteiger partial charge in [-0.1, -0.05) is 18.2 Å². The molecule has 1 fully saturated rings. The van der Waals surface area contributed by atoms with Gasteiger partial charge < -0.3 is 10.1 Å². The fourth-order valence-electron chi connectivity index (χ4n) is 2.87. The lowest BCUT2D eigenvalue weighted by atomic mass is 10.2. The van der Waals surface area contributed by atoms with Crippen LogP contribution in [0.3, 0.4) is 0 Å². The van der Waals surface area contributed by atoms with Crippen LogP contribution in [0.4, 0.5) is 11.5 Å². The molecule has 146 valence electrons. The molecule has 0 saturated carbocycles. The number of hydrogen-bond donors (Lipinski definition) is 0. The molecule has 0 spiro atoms. The molecule has 0 N–H and O–H groups in total. The van der Waals surface area contributed by atoms with Crippen LogP contribution in [0.5, 0.6) is 0 Å². The van der Waals surface area contributed by atoms with Crippen LogP contribution in [0.2, 0.25) is 0 Å². The van der Waals surface area contributed by atoms with Gasteiger partial charge in [0.15, 0.2) is 0 Å². The number of hydrazine groups is 1. The van der Waals surface area contributed by atoms with Crippen LogP contribution in [0, 0.1) is 17.0 Å². The summed E-state index contributed by atoms with van der Waals surface area (Å²) in [7, 11) is 1.74. The van der Waals surface area contributed by atoms with Gasteiger partial charge in [0.2, 0.25) is 0 Å². The van der Waals surface area contributed by atoms with Gasteiger partial charge in [-0.2, -0.15) is 4.68 Å². The number of anilines is 1. The van der Waals surface area contributed by atoms with Crippen LogP contribution in [-0.4, -0.2) is 50.3 Å². The van der Waals surface area contributed by atoms with E-state index in [-0.39, 0.29) is 28.5 Å². The van der Waals surface area contributed by atoms with Gasteiger partial charge in [0.05, 0.1) is 22.5 Å². The van der Waals surface area contributed by atoms with Gasteiger partial charge >= 0.3 is 5.82 Å². The molecule has 10 nitrogen and oxygen atoms in total. The summed E-state index contributed by atoms with van der Waals surface area (Å²) >= 11 is 3.10. The lowest BCUT2D eigenvalue weighted by Crippen LogP contribution is -2.38. The Hall–Kier alpha value is -2.92. The minimum atomic E-state index is -0.640. The van der Waals surface area contributed by atoms with Crippen molar-refractivity contribution in [2.75, 3.05) is 12.1 Å². The van der Waals surface area contributed by atoms with Gasteiger partial charge in [0.25, 0.3) is 11.8 Å². The van der Waals surface area contributed by atoms with E-state index in [1.54, 1.807) is 38.0 Å². The molecule has 0 bridgehead atoms. The molecule has 2 aromatic rings. The number of rotatable bonds is 4. The zero-order valence-electron chi connectivity index (χ0n) is 15.4. The Morgan fingerprint density at radius 1 is 1.36 bits per heavy atom. The highest BCUT2D eigenvalue weighted by Crippen LogP contribution is 2.27. The quantitative estimate of drug-likeness (QED) is 0.522. The molecular weight excluding hydrogens is 432 g/mol. The first-order chi connectivity index (χ1) is 13.2. The van der Waals surface area contributed by atoms with E-state index < -0.39 is 16.9 Å². The van der Waals surface area contributed by atoms with E-state index in [1.165, 1.54) is 9.69 Å². The first-order valence-electron chi connectivity index (χ1n) is 8.33. The molecule has 28 heavy (non-hydrogen) atoms. The van der Waals surface area contributed by atoms with Gasteiger partial charge in [0, 0.05) is 7.05 Å². The number of benzene rings is 1. The van der Waals surface area contributed by atoms with Crippen LogP contribution < -0.4 is 5.01 Å². The summed E-state index contributed by atoms with van der Waals surface area (Å²) in [6.07, 6.45) is 0. The summed E-state index contributed by atoms with van der Waals surface area (Å²) in [6.45, 7) is 3.06. The van der Waals surface area contributed by atoms with Crippen molar-refractivity contribution < 1.29 is 14.5 Å². The second-order valence-electron chi connectivity index (χ2n) is 6.23. The topological polar surface area (TPSA) is 114 Å². The number of halogens is 1. The van der Waals surface area contributed by atoms with E-state index in [9.17, 15) is 19.7 Å². The van der Waals surface area contributed by atoms with E-state index in [1.807, 2.05) is 18.2 Å². The van der Waals surface area contributed by atoms with Crippen molar-refractivity contribution in [3.8, 4) is 0 Å². The Balaban J connectivity index is 1.85. The molecule has 11 heteroatoms. The van der Waals surface area contributed by atoms with Gasteiger partial charge in [-0.15, -0.1) is 0 Å². The van der Waals surface area contributed by atoms with E-state index >= 15 is 0 Å². The number of aliphatic imine (C=N–C) groups is 1. The summed E-state index contributed by atoms with van der Waals surface area (Å²) in [5, 5.41) is 17.9. The van der Waals surface area contributed by atoms with Crippen molar-refractivity contribution in [1.82, 2.24) is 14.8 Å². The van der Waals surface area contributed by atoms with Crippen molar-refractivity contribution in [3.05, 3.63) is 50.6 Å². The number of nitrogens with zero attached hydrogens (tertiary/aromatic N) is 6. The number of carbonyl (C=O) groups is 2. The number of amides is 2. The summed E-state index contributed by atoms with van der Waals surface area (Å²) in [6, 6.07) is 8.64.